The minimum atomic E-state index is -0.408. The topological polar surface area (TPSA) is 101 Å². The Balaban J connectivity index is 1.81. The molecule has 0 saturated carbocycles. The molecule has 0 atom stereocenters. The zero-order valence-corrected chi connectivity index (χ0v) is 11.8. The van der Waals surface area contributed by atoms with Crippen LogP contribution >= 0.6 is 0 Å². The van der Waals surface area contributed by atoms with Crippen LogP contribution in [0.3, 0.4) is 0 Å². The van der Waals surface area contributed by atoms with Crippen LogP contribution in [0.2, 0.25) is 0 Å². The predicted molar refractivity (Wildman–Crippen MR) is 76.1 cm³/mol. The molecule has 1 amide bonds. The highest BCUT2D eigenvalue weighted by molar-refractivity contribution is 6.01. The van der Waals surface area contributed by atoms with Gasteiger partial charge < -0.3 is 5.32 Å². The van der Waals surface area contributed by atoms with Crippen LogP contribution in [0, 0.1) is 6.92 Å². The van der Waals surface area contributed by atoms with Crippen LogP contribution in [-0.2, 0) is 6.42 Å². The molecule has 3 aromatic rings. The molecule has 0 aromatic carbocycles. The number of hydrogen-bond acceptors (Lipinski definition) is 5. The number of carbonyl (C=O) groups is 1. The van der Waals surface area contributed by atoms with Crippen LogP contribution < -0.4 is 5.32 Å². The van der Waals surface area contributed by atoms with E-state index < -0.39 is 5.91 Å². The highest BCUT2D eigenvalue weighted by Crippen LogP contribution is 2.09. The van der Waals surface area contributed by atoms with E-state index in [0.29, 0.717) is 11.6 Å². The van der Waals surface area contributed by atoms with E-state index in [1.807, 2.05) is 6.92 Å². The van der Waals surface area contributed by atoms with Crippen molar-refractivity contribution in [3.8, 4) is 0 Å². The molecule has 0 aliphatic carbocycles. The third-order valence-corrected chi connectivity index (χ3v) is 3.02. The van der Waals surface area contributed by atoms with E-state index in [2.05, 4.69) is 37.5 Å². The van der Waals surface area contributed by atoms with Crippen LogP contribution in [0.15, 0.2) is 18.3 Å². The molecule has 0 radical (unpaired) electrons. The van der Waals surface area contributed by atoms with Gasteiger partial charge in [-0.2, -0.15) is 10.1 Å². The minimum absolute atomic E-state index is 0.0665. The van der Waals surface area contributed by atoms with E-state index in [9.17, 15) is 4.79 Å². The number of H-pyrrole nitrogens is 1. The molecule has 8 heteroatoms. The van der Waals surface area contributed by atoms with E-state index in [1.54, 1.807) is 18.3 Å². The molecule has 0 aliphatic rings. The molecule has 0 aliphatic heterocycles. The molecule has 0 spiro atoms. The fourth-order valence-electron chi connectivity index (χ4n) is 2.00. The zero-order chi connectivity index (χ0) is 14.8. The largest absolute Gasteiger partial charge is 0.302 e. The Hall–Kier alpha value is -2.77. The van der Waals surface area contributed by atoms with Gasteiger partial charge in [0, 0.05) is 23.7 Å². The van der Waals surface area contributed by atoms with Crippen molar-refractivity contribution in [1.29, 1.82) is 0 Å². The summed E-state index contributed by atoms with van der Waals surface area (Å²) >= 11 is 0. The summed E-state index contributed by atoms with van der Waals surface area (Å²) in [6.45, 7) is 3.95. The Labute approximate surface area is 120 Å². The van der Waals surface area contributed by atoms with E-state index >= 15 is 0 Å². The average Bonchev–Trinajstić information content (AvgIpc) is 3.07. The van der Waals surface area contributed by atoms with E-state index in [-0.39, 0.29) is 5.82 Å². The Morgan fingerprint density at radius 2 is 2.33 bits per heavy atom. The van der Waals surface area contributed by atoms with Crippen molar-refractivity contribution in [2.24, 2.45) is 0 Å². The first kappa shape index (κ1) is 13.2. The summed E-state index contributed by atoms with van der Waals surface area (Å²) < 4.78 is 1.53. The van der Waals surface area contributed by atoms with E-state index in [4.69, 9.17) is 0 Å². The molecule has 0 saturated heterocycles. The number of hydrogen-bond donors (Lipinski definition) is 2. The number of fused-ring (bicyclic) bond motifs is 1. The SMILES string of the molecule is CCCc1cc(NC(=O)c2nc3nccc(C)n3n2)n[nH]1. The predicted octanol–water partition coefficient (Wildman–Crippen LogP) is 1.36. The molecule has 2 N–H and O–H groups in total. The maximum atomic E-state index is 12.1. The molecule has 0 fully saturated rings. The lowest BCUT2D eigenvalue weighted by atomic mass is 10.2. The summed E-state index contributed by atoms with van der Waals surface area (Å²) in [6.07, 6.45) is 3.53. The lowest BCUT2D eigenvalue weighted by Gasteiger charge is -1.96. The van der Waals surface area contributed by atoms with Gasteiger partial charge in [0.05, 0.1) is 0 Å². The first-order valence-corrected chi connectivity index (χ1v) is 6.71. The molecule has 3 rings (SSSR count). The number of nitrogens with zero attached hydrogens (tertiary/aromatic N) is 5. The molecule has 108 valence electrons. The van der Waals surface area contributed by atoms with Gasteiger partial charge >= 0.3 is 0 Å². The van der Waals surface area contributed by atoms with Crippen LogP contribution in [0.4, 0.5) is 5.82 Å². The standard InChI is InChI=1S/C13H15N7O/c1-3-4-9-7-10(18-17-9)15-12(21)11-16-13-14-6-5-8(2)20(13)19-11/h5-7H,3-4H2,1-2H3,(H2,15,17,18,21). The molecule has 8 nitrogen and oxygen atoms in total. The molecule has 0 unspecified atom stereocenters. The number of anilines is 1. The van der Waals surface area contributed by atoms with Crippen molar-refractivity contribution >= 4 is 17.5 Å². The third-order valence-electron chi connectivity index (χ3n) is 3.02. The molecule has 3 heterocycles. The Kier molecular flexibility index (Phi) is 3.35. The fraction of sp³-hybridized carbons (Fsp3) is 0.308. The highest BCUT2D eigenvalue weighted by Gasteiger charge is 2.15. The maximum Gasteiger partial charge on any atom is 0.296 e. The van der Waals surface area contributed by atoms with Crippen LogP contribution in [-0.4, -0.2) is 35.7 Å². The Morgan fingerprint density at radius 1 is 1.48 bits per heavy atom. The maximum absolute atomic E-state index is 12.1. The van der Waals surface area contributed by atoms with Gasteiger partial charge in [-0.25, -0.2) is 9.50 Å². The van der Waals surface area contributed by atoms with Gasteiger partial charge in [0.1, 0.15) is 0 Å². The van der Waals surface area contributed by atoms with Crippen LogP contribution in [0.25, 0.3) is 5.78 Å². The second kappa shape index (κ2) is 5.31. The van der Waals surface area contributed by atoms with Gasteiger partial charge in [0.25, 0.3) is 11.7 Å². The molecule has 21 heavy (non-hydrogen) atoms. The van der Waals surface area contributed by atoms with Gasteiger partial charge in [0.15, 0.2) is 5.82 Å². The third kappa shape index (κ3) is 2.60. The Morgan fingerprint density at radius 3 is 3.10 bits per heavy atom. The summed E-state index contributed by atoms with van der Waals surface area (Å²) in [5.74, 6) is 0.520. The van der Waals surface area contributed by atoms with Gasteiger partial charge in [0.2, 0.25) is 5.82 Å². The van der Waals surface area contributed by atoms with E-state index in [0.717, 1.165) is 24.2 Å². The molecular weight excluding hydrogens is 270 g/mol. The normalized spacial score (nSPS) is 11.0. The highest BCUT2D eigenvalue weighted by atomic mass is 16.2. The number of nitrogens with one attached hydrogen (secondary N) is 2. The van der Waals surface area contributed by atoms with Crippen molar-refractivity contribution in [2.75, 3.05) is 5.32 Å². The van der Waals surface area contributed by atoms with Gasteiger partial charge in [-0.05, 0) is 19.4 Å². The number of rotatable bonds is 4. The lowest BCUT2D eigenvalue weighted by Crippen LogP contribution is -2.14. The zero-order valence-electron chi connectivity index (χ0n) is 11.8. The molecule has 3 aromatic heterocycles. The number of carbonyl (C=O) groups excluding carboxylic acids is 1. The second-order valence-electron chi connectivity index (χ2n) is 4.72. The number of amides is 1. The van der Waals surface area contributed by atoms with Crippen molar-refractivity contribution in [3.63, 3.8) is 0 Å². The van der Waals surface area contributed by atoms with Crippen LogP contribution in [0.5, 0.6) is 0 Å². The van der Waals surface area contributed by atoms with Crippen molar-refractivity contribution in [1.82, 2.24) is 29.8 Å². The quantitative estimate of drug-likeness (QED) is 0.753. The van der Waals surface area contributed by atoms with Crippen molar-refractivity contribution in [2.45, 2.75) is 26.7 Å². The number of aromatic nitrogens is 6. The van der Waals surface area contributed by atoms with E-state index in [1.165, 1.54) is 4.52 Å². The smallest absolute Gasteiger partial charge is 0.296 e. The van der Waals surface area contributed by atoms with Crippen molar-refractivity contribution in [3.05, 3.63) is 35.5 Å². The fourth-order valence-corrected chi connectivity index (χ4v) is 2.00. The van der Waals surface area contributed by atoms with Crippen molar-refractivity contribution < 1.29 is 4.79 Å². The monoisotopic (exact) mass is 285 g/mol. The van der Waals surface area contributed by atoms with Gasteiger partial charge in [-0.15, -0.1) is 5.10 Å². The minimum Gasteiger partial charge on any atom is -0.302 e. The lowest BCUT2D eigenvalue weighted by molar-refractivity contribution is 0.101. The summed E-state index contributed by atoms with van der Waals surface area (Å²) in [5, 5.41) is 13.7. The summed E-state index contributed by atoms with van der Waals surface area (Å²) in [6, 6.07) is 3.61. The van der Waals surface area contributed by atoms with Gasteiger partial charge in [-0.1, -0.05) is 13.3 Å². The summed E-state index contributed by atoms with van der Waals surface area (Å²) in [7, 11) is 0. The Bertz CT molecular complexity index is 789. The molecule has 0 bridgehead atoms. The number of aryl methyl sites for hydroxylation is 2. The first-order chi connectivity index (χ1) is 10.2. The number of aromatic amines is 1. The average molecular weight is 285 g/mol. The summed E-state index contributed by atoms with van der Waals surface area (Å²) in [4.78, 5) is 20.3. The summed E-state index contributed by atoms with van der Waals surface area (Å²) in [5.41, 5.74) is 1.84. The van der Waals surface area contributed by atoms with Crippen LogP contribution in [0.1, 0.15) is 35.4 Å². The van der Waals surface area contributed by atoms with Gasteiger partial charge in [-0.3, -0.25) is 9.89 Å². The molecular formula is C13H15N7O. The second-order valence-corrected chi connectivity index (χ2v) is 4.72. The first-order valence-electron chi connectivity index (χ1n) is 6.71.